The van der Waals surface area contributed by atoms with Gasteiger partial charge in [-0.25, -0.2) is 9.78 Å². The van der Waals surface area contributed by atoms with E-state index in [-0.39, 0.29) is 34.5 Å². The summed E-state index contributed by atoms with van der Waals surface area (Å²) in [5.41, 5.74) is 1.18. The van der Waals surface area contributed by atoms with Gasteiger partial charge in [0.15, 0.2) is 5.65 Å². The minimum Gasteiger partial charge on any atom is -0.350 e. The van der Waals surface area contributed by atoms with Crippen molar-refractivity contribution in [2.75, 3.05) is 19.6 Å². The molecule has 172 valence electrons. The highest BCUT2D eigenvalue weighted by molar-refractivity contribution is 7.08. The number of aromatic nitrogens is 3. The van der Waals surface area contributed by atoms with Crippen molar-refractivity contribution in [3.63, 3.8) is 0 Å². The van der Waals surface area contributed by atoms with Crippen LogP contribution < -0.4 is 16.6 Å². The molecule has 2 N–H and O–H groups in total. The van der Waals surface area contributed by atoms with Gasteiger partial charge in [0.25, 0.3) is 11.5 Å². The number of nitrogens with one attached hydrogen (secondary N) is 2. The monoisotopic (exact) mass is 457 g/mol. The van der Waals surface area contributed by atoms with Crippen LogP contribution in [0.5, 0.6) is 0 Å². The zero-order valence-corrected chi connectivity index (χ0v) is 20.1. The van der Waals surface area contributed by atoms with E-state index in [0.29, 0.717) is 18.8 Å². The molecule has 3 rings (SSSR count). The Bertz CT molecular complexity index is 1190. The molecular formula is C23H31N5O3S. The molecule has 0 saturated heterocycles. The van der Waals surface area contributed by atoms with Crippen molar-refractivity contribution >= 4 is 28.3 Å². The maximum Gasteiger partial charge on any atom is 0.329 e. The second-order valence-electron chi connectivity index (χ2n) is 7.96. The lowest BCUT2D eigenvalue weighted by Gasteiger charge is -2.29. The maximum atomic E-state index is 13.3. The zero-order valence-electron chi connectivity index (χ0n) is 19.3. The van der Waals surface area contributed by atoms with E-state index in [2.05, 4.69) is 45.5 Å². The van der Waals surface area contributed by atoms with E-state index in [9.17, 15) is 14.4 Å². The lowest BCUT2D eigenvalue weighted by atomic mass is 10.0. The van der Waals surface area contributed by atoms with Crippen molar-refractivity contribution in [1.29, 1.82) is 0 Å². The Labute approximate surface area is 191 Å². The van der Waals surface area contributed by atoms with E-state index in [0.717, 1.165) is 18.7 Å². The summed E-state index contributed by atoms with van der Waals surface area (Å²) in [6.45, 7) is 12.4. The smallest absolute Gasteiger partial charge is 0.329 e. The number of likely N-dealkylation sites (N-methyl/N-ethyl adjacent to an activating group) is 1. The molecule has 9 heteroatoms. The van der Waals surface area contributed by atoms with Crippen LogP contribution in [0.3, 0.4) is 0 Å². The summed E-state index contributed by atoms with van der Waals surface area (Å²) in [6.07, 6.45) is 0. The molecule has 3 heterocycles. The van der Waals surface area contributed by atoms with Crippen molar-refractivity contribution < 1.29 is 4.79 Å². The second-order valence-corrected chi connectivity index (χ2v) is 8.74. The Balaban J connectivity index is 2.05. The van der Waals surface area contributed by atoms with Crippen LogP contribution in [0.25, 0.3) is 11.0 Å². The number of rotatable bonds is 9. The summed E-state index contributed by atoms with van der Waals surface area (Å²) in [5, 5.41) is 7.30. The van der Waals surface area contributed by atoms with Crippen LogP contribution in [0.4, 0.5) is 0 Å². The minimum absolute atomic E-state index is 0.0277. The molecule has 1 amide bonds. The van der Waals surface area contributed by atoms with E-state index in [1.807, 2.05) is 19.2 Å². The number of aromatic amines is 1. The van der Waals surface area contributed by atoms with Crippen LogP contribution in [0.1, 0.15) is 68.2 Å². The molecule has 0 aliphatic carbocycles. The Morgan fingerprint density at radius 2 is 1.97 bits per heavy atom. The standard InChI is InChI=1S/C23H31N5O3S/c1-6-27(7-2)18(15-9-10-32-13-15)12-24-21(29)16-11-17(14(4)5)25-20-19(16)22(30)26-23(31)28(20)8-3/h9-11,13-14,18H,6-8,12H2,1-5H3,(H,24,29)(H,26,30,31). The third kappa shape index (κ3) is 4.68. The Kier molecular flexibility index (Phi) is 7.63. The number of aryl methyl sites for hydroxylation is 1. The van der Waals surface area contributed by atoms with Gasteiger partial charge in [0, 0.05) is 18.8 Å². The molecule has 0 aliphatic rings. The third-order valence-corrected chi connectivity index (χ3v) is 6.46. The van der Waals surface area contributed by atoms with Gasteiger partial charge in [-0.1, -0.05) is 27.7 Å². The zero-order chi connectivity index (χ0) is 23.4. The van der Waals surface area contributed by atoms with Gasteiger partial charge in [0.1, 0.15) is 0 Å². The third-order valence-electron chi connectivity index (χ3n) is 5.76. The Morgan fingerprint density at radius 3 is 2.53 bits per heavy atom. The van der Waals surface area contributed by atoms with Gasteiger partial charge >= 0.3 is 5.69 Å². The van der Waals surface area contributed by atoms with E-state index in [1.54, 1.807) is 24.3 Å². The first-order valence-electron chi connectivity index (χ1n) is 11.0. The molecule has 0 saturated carbocycles. The summed E-state index contributed by atoms with van der Waals surface area (Å²) in [6, 6.07) is 3.77. The van der Waals surface area contributed by atoms with E-state index in [1.165, 1.54) is 4.57 Å². The molecule has 0 aromatic carbocycles. The second kappa shape index (κ2) is 10.2. The fraction of sp³-hybridized carbons (Fsp3) is 0.478. The Morgan fingerprint density at radius 1 is 1.25 bits per heavy atom. The van der Waals surface area contributed by atoms with Crippen LogP contribution in [0, 0.1) is 0 Å². The summed E-state index contributed by atoms with van der Waals surface area (Å²) in [7, 11) is 0. The fourth-order valence-corrected chi connectivity index (χ4v) is 4.64. The van der Waals surface area contributed by atoms with Gasteiger partial charge in [0.05, 0.1) is 17.0 Å². The number of nitrogens with zero attached hydrogens (tertiary/aromatic N) is 3. The summed E-state index contributed by atoms with van der Waals surface area (Å²) in [4.78, 5) is 47.5. The van der Waals surface area contributed by atoms with Gasteiger partial charge in [-0.3, -0.25) is 24.0 Å². The minimum atomic E-state index is -0.596. The number of H-pyrrole nitrogens is 1. The van der Waals surface area contributed by atoms with Crippen molar-refractivity contribution in [1.82, 2.24) is 24.8 Å². The number of fused-ring (bicyclic) bond motifs is 1. The quantitative estimate of drug-likeness (QED) is 0.514. The lowest BCUT2D eigenvalue weighted by molar-refractivity contribution is 0.0936. The number of hydrogen-bond acceptors (Lipinski definition) is 6. The predicted molar refractivity (Wildman–Crippen MR) is 129 cm³/mol. The van der Waals surface area contributed by atoms with E-state index >= 15 is 0 Å². The summed E-state index contributed by atoms with van der Waals surface area (Å²) < 4.78 is 1.39. The van der Waals surface area contributed by atoms with Crippen LogP contribution in [0.15, 0.2) is 32.5 Å². The fourth-order valence-electron chi connectivity index (χ4n) is 3.93. The van der Waals surface area contributed by atoms with E-state index < -0.39 is 11.2 Å². The number of carbonyl (C=O) groups excluding carboxylic acids is 1. The topological polar surface area (TPSA) is 100 Å². The van der Waals surface area contributed by atoms with Crippen molar-refractivity contribution in [2.45, 2.75) is 53.1 Å². The van der Waals surface area contributed by atoms with Crippen molar-refractivity contribution in [3.8, 4) is 0 Å². The number of pyridine rings is 1. The predicted octanol–water partition coefficient (Wildman–Crippen LogP) is 3.10. The number of hydrogen-bond donors (Lipinski definition) is 2. The first kappa shape index (κ1) is 23.9. The molecule has 32 heavy (non-hydrogen) atoms. The first-order valence-corrected chi connectivity index (χ1v) is 12.0. The summed E-state index contributed by atoms with van der Waals surface area (Å²) >= 11 is 1.63. The molecule has 8 nitrogen and oxygen atoms in total. The molecule has 0 fully saturated rings. The molecule has 1 unspecified atom stereocenters. The average Bonchev–Trinajstić information content (AvgIpc) is 3.30. The highest BCUT2D eigenvalue weighted by Crippen LogP contribution is 2.23. The molecule has 0 aliphatic heterocycles. The molecule has 3 aromatic rings. The van der Waals surface area contributed by atoms with Gasteiger partial charge in [-0.05, 0) is 54.4 Å². The van der Waals surface area contributed by atoms with Crippen LogP contribution in [-0.2, 0) is 6.54 Å². The van der Waals surface area contributed by atoms with Gasteiger partial charge < -0.3 is 5.32 Å². The van der Waals surface area contributed by atoms with Gasteiger partial charge in [0.2, 0.25) is 0 Å². The number of carbonyl (C=O) groups is 1. The van der Waals surface area contributed by atoms with Gasteiger partial charge in [-0.2, -0.15) is 11.3 Å². The highest BCUT2D eigenvalue weighted by Gasteiger charge is 2.23. The number of thiophene rings is 1. The van der Waals surface area contributed by atoms with Crippen LogP contribution in [0.2, 0.25) is 0 Å². The van der Waals surface area contributed by atoms with Crippen LogP contribution in [-0.4, -0.2) is 45.0 Å². The summed E-state index contributed by atoms with van der Waals surface area (Å²) in [5.74, 6) is -0.321. The Hall–Kier alpha value is -2.78. The van der Waals surface area contributed by atoms with E-state index in [4.69, 9.17) is 0 Å². The largest absolute Gasteiger partial charge is 0.350 e. The maximum absolute atomic E-state index is 13.3. The van der Waals surface area contributed by atoms with Crippen LogP contribution >= 0.6 is 11.3 Å². The van der Waals surface area contributed by atoms with Crippen molar-refractivity contribution in [3.05, 3.63) is 60.6 Å². The molecular weight excluding hydrogens is 426 g/mol. The molecule has 0 spiro atoms. The average molecular weight is 458 g/mol. The molecule has 3 aromatic heterocycles. The number of amides is 1. The molecule has 0 bridgehead atoms. The highest BCUT2D eigenvalue weighted by atomic mass is 32.1. The first-order chi connectivity index (χ1) is 15.3. The molecule has 1 atom stereocenters. The van der Waals surface area contributed by atoms with Gasteiger partial charge in [-0.15, -0.1) is 0 Å². The van der Waals surface area contributed by atoms with Crippen molar-refractivity contribution in [2.24, 2.45) is 0 Å². The lowest BCUT2D eigenvalue weighted by Crippen LogP contribution is -2.38. The molecule has 0 radical (unpaired) electrons. The SMILES string of the molecule is CCN(CC)C(CNC(=O)c1cc(C(C)C)nc2c1c(=O)[nH]c(=O)n2CC)c1ccsc1. The normalized spacial score (nSPS) is 12.6.